The quantitative estimate of drug-likeness (QED) is 0.447. The fraction of sp³-hybridized carbons (Fsp3) is 0.455. The van der Waals surface area contributed by atoms with Crippen molar-refractivity contribution in [1.82, 2.24) is 15.2 Å². The van der Waals surface area contributed by atoms with Crippen LogP contribution in [0.25, 0.3) is 10.9 Å². The molecule has 1 aromatic carbocycles. The molecule has 2 aromatic rings. The summed E-state index contributed by atoms with van der Waals surface area (Å²) in [7, 11) is 0. The minimum absolute atomic E-state index is 0.00564. The maximum atomic E-state index is 13.0. The first kappa shape index (κ1) is 20.1. The predicted octanol–water partition coefficient (Wildman–Crippen LogP) is 2.78. The molecule has 1 saturated heterocycles. The van der Waals surface area contributed by atoms with Crippen LogP contribution in [0.3, 0.4) is 0 Å². The monoisotopic (exact) mass is 411 g/mol. The van der Waals surface area contributed by atoms with Gasteiger partial charge in [0, 0.05) is 22.7 Å². The number of amides is 3. The zero-order chi connectivity index (χ0) is 21.5. The Balaban J connectivity index is 1.42. The first-order valence-electron chi connectivity index (χ1n) is 10.3. The highest BCUT2D eigenvalue weighted by Crippen LogP contribution is 2.38. The van der Waals surface area contributed by atoms with Crippen molar-refractivity contribution in [1.29, 1.82) is 0 Å². The van der Waals surface area contributed by atoms with E-state index in [1.165, 1.54) is 6.92 Å². The molecule has 3 atom stereocenters. The lowest BCUT2D eigenvalue weighted by Gasteiger charge is -2.36. The summed E-state index contributed by atoms with van der Waals surface area (Å²) < 4.78 is 5.27. The van der Waals surface area contributed by atoms with Gasteiger partial charge < -0.3 is 15.0 Å². The molecule has 1 saturated carbocycles. The summed E-state index contributed by atoms with van der Waals surface area (Å²) >= 11 is 0. The summed E-state index contributed by atoms with van der Waals surface area (Å²) in [5.41, 5.74) is 0.308. The molecule has 1 aliphatic carbocycles. The number of imide groups is 1. The van der Waals surface area contributed by atoms with Gasteiger partial charge in [-0.2, -0.15) is 0 Å². The standard InChI is InChI=1S/C22H25N3O5/c1-13-7-5-6-10-22(13)20(28)25(21(29)24-22)12-18(26)30-14(2)19(27)16-11-23-17-9-4-3-8-15(16)17/h3-4,8-9,11,13-14,23H,5-7,10,12H2,1-2H3,(H,24,29)/t13-,14+,22-/m1/s1. The number of ether oxygens (including phenoxy) is 1. The Morgan fingerprint density at radius 3 is 2.80 bits per heavy atom. The van der Waals surface area contributed by atoms with Crippen molar-refractivity contribution in [3.05, 3.63) is 36.0 Å². The van der Waals surface area contributed by atoms with Gasteiger partial charge in [-0.15, -0.1) is 0 Å². The number of ketones is 1. The van der Waals surface area contributed by atoms with E-state index in [-0.39, 0.29) is 17.6 Å². The minimum atomic E-state index is -1.04. The zero-order valence-corrected chi connectivity index (χ0v) is 17.1. The highest BCUT2D eigenvalue weighted by Gasteiger charge is 2.55. The van der Waals surface area contributed by atoms with Crippen molar-refractivity contribution in [3.8, 4) is 0 Å². The molecule has 8 heteroatoms. The molecule has 0 bridgehead atoms. The SMILES string of the molecule is C[C@H](OC(=O)CN1C(=O)N[C@@]2(CCCC[C@H]2C)C1=O)C(=O)c1c[nH]c2ccccc12. The van der Waals surface area contributed by atoms with Crippen molar-refractivity contribution in [2.75, 3.05) is 6.54 Å². The van der Waals surface area contributed by atoms with Gasteiger partial charge in [0.05, 0.1) is 0 Å². The summed E-state index contributed by atoms with van der Waals surface area (Å²) in [6.07, 6.45) is 3.83. The zero-order valence-electron chi connectivity index (χ0n) is 17.1. The van der Waals surface area contributed by atoms with Gasteiger partial charge in [0.2, 0.25) is 5.78 Å². The molecule has 2 heterocycles. The van der Waals surface area contributed by atoms with Crippen molar-refractivity contribution in [2.24, 2.45) is 5.92 Å². The largest absolute Gasteiger partial charge is 0.453 e. The van der Waals surface area contributed by atoms with E-state index in [0.29, 0.717) is 12.0 Å². The molecule has 0 radical (unpaired) electrons. The number of para-hydroxylation sites is 1. The lowest BCUT2D eigenvalue weighted by atomic mass is 9.73. The molecule has 1 aliphatic heterocycles. The van der Waals surface area contributed by atoms with E-state index in [4.69, 9.17) is 4.74 Å². The number of nitrogens with zero attached hydrogens (tertiary/aromatic N) is 1. The maximum absolute atomic E-state index is 13.0. The highest BCUT2D eigenvalue weighted by atomic mass is 16.5. The van der Waals surface area contributed by atoms with Crippen LogP contribution in [0.5, 0.6) is 0 Å². The Bertz CT molecular complexity index is 1030. The molecule has 1 aromatic heterocycles. The molecular weight excluding hydrogens is 386 g/mol. The second-order valence-electron chi connectivity index (χ2n) is 8.18. The average molecular weight is 411 g/mol. The van der Waals surface area contributed by atoms with Gasteiger partial charge in [0.15, 0.2) is 6.10 Å². The van der Waals surface area contributed by atoms with Crippen molar-refractivity contribution >= 4 is 34.6 Å². The lowest BCUT2D eigenvalue weighted by Crippen LogP contribution is -2.54. The van der Waals surface area contributed by atoms with Gasteiger partial charge >= 0.3 is 12.0 Å². The third-order valence-electron chi connectivity index (χ3n) is 6.32. The van der Waals surface area contributed by atoms with Crippen molar-refractivity contribution < 1.29 is 23.9 Å². The van der Waals surface area contributed by atoms with Gasteiger partial charge in [0.25, 0.3) is 5.91 Å². The molecular formula is C22H25N3O5. The number of esters is 1. The summed E-state index contributed by atoms with van der Waals surface area (Å²) in [5.74, 6) is -1.52. The maximum Gasteiger partial charge on any atom is 0.326 e. The number of Topliss-reactive ketones (excluding diaryl/α,β-unsaturated/α-hetero) is 1. The smallest absolute Gasteiger partial charge is 0.326 e. The fourth-order valence-electron chi connectivity index (χ4n) is 4.55. The molecule has 2 aliphatic rings. The van der Waals surface area contributed by atoms with Crippen LogP contribution in [0.1, 0.15) is 49.9 Å². The number of hydrogen-bond acceptors (Lipinski definition) is 5. The second-order valence-corrected chi connectivity index (χ2v) is 8.18. The third-order valence-corrected chi connectivity index (χ3v) is 6.32. The molecule has 4 rings (SSSR count). The molecule has 30 heavy (non-hydrogen) atoms. The Labute approximate surface area is 173 Å². The number of urea groups is 1. The van der Waals surface area contributed by atoms with E-state index in [9.17, 15) is 19.2 Å². The number of aromatic amines is 1. The summed E-state index contributed by atoms with van der Waals surface area (Å²) in [6, 6.07) is 6.76. The highest BCUT2D eigenvalue weighted by molar-refractivity contribution is 6.11. The molecule has 3 amide bonds. The van der Waals surface area contributed by atoms with Gasteiger partial charge in [-0.05, 0) is 31.7 Å². The van der Waals surface area contributed by atoms with Crippen molar-refractivity contribution in [2.45, 2.75) is 51.2 Å². The molecule has 8 nitrogen and oxygen atoms in total. The van der Waals surface area contributed by atoms with Crippen LogP contribution in [0.4, 0.5) is 4.79 Å². The summed E-state index contributed by atoms with van der Waals surface area (Å²) in [5, 5.41) is 3.54. The lowest BCUT2D eigenvalue weighted by molar-refractivity contribution is -0.150. The number of rotatable bonds is 5. The number of hydrogen-bond donors (Lipinski definition) is 2. The normalized spacial score (nSPS) is 24.9. The number of aromatic nitrogens is 1. The van der Waals surface area contributed by atoms with Gasteiger partial charge in [0.1, 0.15) is 12.1 Å². The van der Waals surface area contributed by atoms with Crippen LogP contribution >= 0.6 is 0 Å². The molecule has 2 fully saturated rings. The number of carbonyl (C=O) groups excluding carboxylic acids is 4. The number of carbonyl (C=O) groups is 4. The van der Waals surface area contributed by atoms with Crippen LogP contribution in [-0.2, 0) is 14.3 Å². The van der Waals surface area contributed by atoms with E-state index < -0.39 is 30.2 Å². The van der Waals surface area contributed by atoms with E-state index in [1.807, 2.05) is 31.2 Å². The van der Waals surface area contributed by atoms with Crippen LogP contribution < -0.4 is 5.32 Å². The average Bonchev–Trinajstić information content (AvgIpc) is 3.25. The predicted molar refractivity (Wildman–Crippen MR) is 109 cm³/mol. The Morgan fingerprint density at radius 1 is 1.27 bits per heavy atom. The van der Waals surface area contributed by atoms with E-state index in [1.54, 1.807) is 6.20 Å². The summed E-state index contributed by atoms with van der Waals surface area (Å²) in [4.78, 5) is 54.5. The van der Waals surface area contributed by atoms with E-state index in [0.717, 1.165) is 35.1 Å². The van der Waals surface area contributed by atoms with Crippen LogP contribution in [0, 0.1) is 5.92 Å². The number of nitrogens with one attached hydrogen (secondary N) is 2. The van der Waals surface area contributed by atoms with E-state index >= 15 is 0 Å². The van der Waals surface area contributed by atoms with Crippen LogP contribution in [0.2, 0.25) is 0 Å². The van der Waals surface area contributed by atoms with Gasteiger partial charge in [-0.25, -0.2) is 4.79 Å². The van der Waals surface area contributed by atoms with Crippen LogP contribution in [0.15, 0.2) is 30.5 Å². The first-order chi connectivity index (χ1) is 14.3. The Kier molecular flexibility index (Phi) is 5.09. The summed E-state index contributed by atoms with van der Waals surface area (Å²) in [6.45, 7) is 2.92. The third kappa shape index (κ3) is 3.26. The van der Waals surface area contributed by atoms with E-state index in [2.05, 4.69) is 10.3 Å². The topological polar surface area (TPSA) is 109 Å². The molecule has 2 N–H and O–H groups in total. The molecule has 1 spiro atoms. The van der Waals surface area contributed by atoms with Gasteiger partial charge in [-0.3, -0.25) is 19.3 Å². The number of fused-ring (bicyclic) bond motifs is 1. The van der Waals surface area contributed by atoms with Crippen LogP contribution in [-0.4, -0.2) is 51.8 Å². The molecule has 0 unspecified atom stereocenters. The number of H-pyrrole nitrogens is 1. The molecule has 158 valence electrons. The minimum Gasteiger partial charge on any atom is -0.453 e. The second kappa shape index (κ2) is 7.59. The van der Waals surface area contributed by atoms with Crippen molar-refractivity contribution in [3.63, 3.8) is 0 Å². The first-order valence-corrected chi connectivity index (χ1v) is 10.3. The number of benzene rings is 1. The van der Waals surface area contributed by atoms with Gasteiger partial charge in [-0.1, -0.05) is 38.0 Å². The Morgan fingerprint density at radius 2 is 2.03 bits per heavy atom. The Hall–Kier alpha value is -3.16. The fourth-order valence-corrected chi connectivity index (χ4v) is 4.55.